The third-order valence-corrected chi connectivity index (χ3v) is 4.93. The van der Waals surface area contributed by atoms with Gasteiger partial charge >= 0.3 is 0 Å². The summed E-state index contributed by atoms with van der Waals surface area (Å²) in [5.74, 6) is 38.6. The summed E-state index contributed by atoms with van der Waals surface area (Å²) in [6, 6.07) is 4.14. The molecule has 0 spiro atoms. The molecule has 0 saturated heterocycles. The number of rotatable bonds is 4. The number of hydrogen-bond donors (Lipinski definition) is 2. The number of terminal acetylenes is 1. The van der Waals surface area contributed by atoms with Crippen LogP contribution in [0.25, 0.3) is 33.4 Å². The van der Waals surface area contributed by atoms with Crippen LogP contribution in [0.1, 0.15) is 31.3 Å². The zero-order valence-corrected chi connectivity index (χ0v) is 24.9. The van der Waals surface area contributed by atoms with Gasteiger partial charge in [-0.25, -0.2) is 4.98 Å². The Balaban J connectivity index is -0.000000355. The van der Waals surface area contributed by atoms with E-state index in [-0.39, 0.29) is 7.13 Å². The molecule has 0 aliphatic heterocycles. The number of fused-ring (bicyclic) bond motifs is 1. The molecule has 0 unspecified atom stereocenters. The Morgan fingerprint density at radius 1 is 0.891 bits per heavy atom. The van der Waals surface area contributed by atoms with E-state index in [1.165, 1.54) is 0 Å². The summed E-state index contributed by atoms with van der Waals surface area (Å²) in [7, 11) is 0. The van der Waals surface area contributed by atoms with Crippen molar-refractivity contribution >= 4 is 11.0 Å². The van der Waals surface area contributed by atoms with Crippen LogP contribution in [0.5, 0.6) is 0 Å². The molecular weight excluding hydrogens is 580 g/mol. The lowest BCUT2D eigenvalue weighted by Gasteiger charge is -2.06. The fourth-order valence-electron chi connectivity index (χ4n) is 3.39. The molecule has 4 rings (SSSR count). The lowest BCUT2D eigenvalue weighted by Crippen LogP contribution is -1.89. The van der Waals surface area contributed by atoms with Gasteiger partial charge in [0.1, 0.15) is 16.9 Å². The van der Waals surface area contributed by atoms with E-state index in [1.54, 1.807) is 25.5 Å². The number of nitrogens with one attached hydrogen (secondary N) is 2. The summed E-state index contributed by atoms with van der Waals surface area (Å²) in [4.78, 5) is 25.4. The maximum absolute atomic E-state index is 8.91. The van der Waals surface area contributed by atoms with Crippen molar-refractivity contribution in [3.05, 3.63) is 52.9 Å². The zero-order valence-electron chi connectivity index (χ0n) is 24.9. The third-order valence-electron chi connectivity index (χ3n) is 4.93. The van der Waals surface area contributed by atoms with Crippen LogP contribution in [0.2, 0.25) is 0 Å². The Kier molecular flexibility index (Phi) is 15.1. The summed E-state index contributed by atoms with van der Waals surface area (Å²) >= 11 is 0. The number of aromatic nitrogens is 5. The minimum atomic E-state index is 0. The van der Waals surface area contributed by atoms with E-state index in [4.69, 9.17) is 21.4 Å². The van der Waals surface area contributed by atoms with E-state index >= 15 is 0 Å². The quantitative estimate of drug-likeness (QED) is 0.115. The van der Waals surface area contributed by atoms with Gasteiger partial charge in [0.2, 0.25) is 0 Å². The summed E-state index contributed by atoms with van der Waals surface area (Å²) < 4.78 is 5.31. The van der Waals surface area contributed by atoms with Crippen LogP contribution in [0, 0.1) is 126 Å². The van der Waals surface area contributed by atoms with Crippen molar-refractivity contribution in [3.63, 3.8) is 0 Å². The first kappa shape index (κ1) is 34.5. The molecule has 0 amide bonds. The van der Waals surface area contributed by atoms with Gasteiger partial charge in [-0.1, -0.05) is 11.1 Å². The van der Waals surface area contributed by atoms with Gasteiger partial charge in [0.25, 0.3) is 0 Å². The molecule has 0 saturated carbocycles. The second-order valence-corrected chi connectivity index (χ2v) is 7.91. The van der Waals surface area contributed by atoms with Crippen molar-refractivity contribution in [2.24, 2.45) is 21.0 Å². The molecule has 12 nitrogen and oxygen atoms in total. The third kappa shape index (κ3) is 11.6. The second kappa shape index (κ2) is 20.2. The highest BCUT2D eigenvalue weighted by Crippen LogP contribution is 2.34. The molecule has 1 aromatic carbocycles. The highest BCUT2D eigenvalue weighted by molar-refractivity contribution is 5.95. The van der Waals surface area contributed by atoms with Gasteiger partial charge in [0, 0.05) is 35.9 Å². The van der Waals surface area contributed by atoms with E-state index < -0.39 is 0 Å². The first-order valence-corrected chi connectivity index (χ1v) is 12.6. The topological polar surface area (TPSA) is 171 Å². The van der Waals surface area contributed by atoms with E-state index in [0.717, 1.165) is 50.7 Å². The molecule has 0 radical (unpaired) electrons. The van der Waals surface area contributed by atoms with Gasteiger partial charge in [-0.2, -0.15) is 5.53 Å². The van der Waals surface area contributed by atoms with Gasteiger partial charge in [0.05, 0.1) is 28.6 Å². The molecule has 0 aliphatic carbocycles. The SMILES string of the molecule is C#CC#CC#CC#CC#CC#CC#CC#CC.Cc1nc2c(-c3cnccn3)cc(-c3c(C)noc3C)cc2[nH]1.N=N/N=N/N=O.[HH].[HH].[HH].[HH].[HH]. The summed E-state index contributed by atoms with van der Waals surface area (Å²) in [6.45, 7) is 7.50. The maximum atomic E-state index is 8.91. The summed E-state index contributed by atoms with van der Waals surface area (Å²) in [5, 5.41) is 13.3. The van der Waals surface area contributed by atoms with Crippen molar-refractivity contribution in [1.82, 2.24) is 25.1 Å². The predicted molar refractivity (Wildman–Crippen MR) is 182 cm³/mol. The van der Waals surface area contributed by atoms with E-state index in [2.05, 4.69) is 142 Å². The van der Waals surface area contributed by atoms with Crippen LogP contribution >= 0.6 is 0 Å². The number of imidazole rings is 1. The fraction of sp³-hybridized carbons (Fsp3) is 0.118. The molecule has 2 N–H and O–H groups in total. The molecule has 12 heteroatoms. The predicted octanol–water partition coefficient (Wildman–Crippen LogP) is 6.56. The van der Waals surface area contributed by atoms with Gasteiger partial charge in [-0.05, 0) is 139 Å². The Hall–Kier alpha value is -7.74. The molecule has 228 valence electrons. The first-order valence-electron chi connectivity index (χ1n) is 12.6. The molecule has 0 bridgehead atoms. The lowest BCUT2D eigenvalue weighted by atomic mass is 9.99. The maximum Gasteiger partial charge on any atom is 0.141 e. The van der Waals surface area contributed by atoms with Gasteiger partial charge in [-0.15, -0.1) is 11.3 Å². The molecule has 0 fully saturated rings. The number of aromatic amines is 1. The highest BCUT2D eigenvalue weighted by Gasteiger charge is 2.17. The van der Waals surface area contributed by atoms with E-state index in [1.807, 2.05) is 26.1 Å². The number of H-pyrrole nitrogens is 1. The van der Waals surface area contributed by atoms with Gasteiger partial charge in [0.15, 0.2) is 0 Å². The largest absolute Gasteiger partial charge is 0.361 e. The van der Waals surface area contributed by atoms with Crippen molar-refractivity contribution in [2.75, 3.05) is 0 Å². The number of nitroso groups, excluding NO2 is 1. The van der Waals surface area contributed by atoms with Crippen LogP contribution < -0.4 is 0 Å². The number of aryl methyl sites for hydroxylation is 3. The first-order chi connectivity index (χ1) is 22.5. The number of hydrogen-bond acceptors (Lipinski definition) is 7. The van der Waals surface area contributed by atoms with Crippen LogP contribution in [0.15, 0.2) is 56.2 Å². The monoisotopic (exact) mass is 610 g/mol. The van der Waals surface area contributed by atoms with Crippen LogP contribution in [0.4, 0.5) is 0 Å². The van der Waals surface area contributed by atoms with Crippen molar-refractivity contribution in [2.45, 2.75) is 27.7 Å². The minimum absolute atomic E-state index is 0. The van der Waals surface area contributed by atoms with Crippen molar-refractivity contribution < 1.29 is 11.7 Å². The Morgan fingerprint density at radius 2 is 1.52 bits per heavy atom. The van der Waals surface area contributed by atoms with Crippen LogP contribution in [-0.2, 0) is 0 Å². The summed E-state index contributed by atoms with van der Waals surface area (Å²) in [6.07, 6.45) is 9.97. The van der Waals surface area contributed by atoms with Crippen molar-refractivity contribution in [1.29, 1.82) is 5.53 Å². The fourth-order valence-corrected chi connectivity index (χ4v) is 3.39. The van der Waals surface area contributed by atoms with Crippen molar-refractivity contribution in [3.8, 4) is 118 Å². The highest BCUT2D eigenvalue weighted by atomic mass is 16.5. The number of nitrogens with zero attached hydrogens (tertiary/aromatic N) is 8. The average Bonchev–Trinajstić information content (AvgIpc) is 3.62. The standard InChI is InChI=1S/C17H15N5O.C17H4.HN5O.5H2/c1-9-16(10(2)23-22-9)12-6-13(15-8-18-4-5-19-15)17-14(7-12)20-11(3)21-17;1-3-5-7-9-11-13-15-17-16-14-12-10-8-6-4-2;1-2-3-4-5-6;;;;;/h4-8H,1-3H3,(H,20,21);1H,2H3;1H;5*1H/b;;2-1?,4-3+;;;;;. The van der Waals surface area contributed by atoms with Gasteiger partial charge in [-0.3, -0.25) is 9.97 Å². The lowest BCUT2D eigenvalue weighted by molar-refractivity contribution is 0.393. The Morgan fingerprint density at radius 3 is 2.00 bits per heavy atom. The van der Waals surface area contributed by atoms with Gasteiger partial charge < -0.3 is 9.51 Å². The minimum Gasteiger partial charge on any atom is -0.361 e. The molecule has 0 atom stereocenters. The smallest absolute Gasteiger partial charge is 0.141 e. The normalized spacial score (nSPS) is 8.15. The molecule has 3 aromatic heterocycles. The number of benzene rings is 1. The Labute approximate surface area is 272 Å². The zero-order chi connectivity index (χ0) is 33.4. The molecule has 0 aliphatic rings. The molecule has 4 aromatic rings. The van der Waals surface area contributed by atoms with E-state index in [0.29, 0.717) is 0 Å². The average molecular weight is 611 g/mol. The summed E-state index contributed by atoms with van der Waals surface area (Å²) in [5.41, 5.74) is 12.3. The second-order valence-electron chi connectivity index (χ2n) is 7.91. The molecular formula is C34H30N10O2. The molecule has 46 heavy (non-hydrogen) atoms. The molecule has 3 heterocycles. The Bertz CT molecular complexity index is 2240. The van der Waals surface area contributed by atoms with Crippen LogP contribution in [-0.4, -0.2) is 25.1 Å². The van der Waals surface area contributed by atoms with Crippen LogP contribution in [0.3, 0.4) is 0 Å². The van der Waals surface area contributed by atoms with E-state index in [9.17, 15) is 0 Å².